The van der Waals surface area contributed by atoms with Gasteiger partial charge in [0, 0.05) is 23.9 Å². The van der Waals surface area contributed by atoms with Gasteiger partial charge >= 0.3 is 0 Å². The molecule has 0 saturated heterocycles. The Balaban J connectivity index is 2.21. The summed E-state index contributed by atoms with van der Waals surface area (Å²) in [5.41, 5.74) is 1.03. The van der Waals surface area contributed by atoms with Crippen molar-refractivity contribution in [3.05, 3.63) is 46.8 Å². The Hall–Kier alpha value is -2.80. The number of carbonyl (C=O) groups is 1. The molecule has 0 unspecified atom stereocenters. The van der Waals surface area contributed by atoms with E-state index in [9.17, 15) is 25.2 Å². The van der Waals surface area contributed by atoms with Crippen molar-refractivity contribution in [2.24, 2.45) is 0 Å². The van der Waals surface area contributed by atoms with E-state index in [1.807, 2.05) is 0 Å². The minimum Gasteiger partial charge on any atom is -0.508 e. The molecule has 0 aliphatic heterocycles. The Kier molecular flexibility index (Phi) is 4.47. The molecule has 2 aromatic rings. The number of phenolic OH excluding ortho intramolecular Hbond substituents is 2. The number of aliphatic hydroxyl groups is 1. The highest BCUT2D eigenvalue weighted by Crippen LogP contribution is 2.25. The Morgan fingerprint density at radius 1 is 1.27 bits per heavy atom. The van der Waals surface area contributed by atoms with Crippen molar-refractivity contribution in [2.75, 3.05) is 0 Å². The molecule has 1 heterocycles. The summed E-state index contributed by atoms with van der Waals surface area (Å²) in [7, 11) is 0. The molecule has 22 heavy (non-hydrogen) atoms. The summed E-state index contributed by atoms with van der Waals surface area (Å²) in [6, 6.07) is 3.60. The maximum Gasteiger partial charge on any atom is 0.255 e. The van der Waals surface area contributed by atoms with E-state index in [-0.39, 0.29) is 36.0 Å². The molecule has 0 bridgehead atoms. The second-order valence-corrected chi connectivity index (χ2v) is 4.74. The summed E-state index contributed by atoms with van der Waals surface area (Å²) in [6.07, 6.45) is 1.42. The van der Waals surface area contributed by atoms with E-state index in [1.54, 1.807) is 6.92 Å². The number of aliphatic hydroxyl groups excluding tert-OH is 1. The number of benzene rings is 1. The van der Waals surface area contributed by atoms with E-state index in [4.69, 9.17) is 0 Å². The molecule has 0 fully saturated rings. The molecule has 1 amide bonds. The van der Waals surface area contributed by atoms with Gasteiger partial charge in [-0.25, -0.2) is 0 Å². The third-order valence-corrected chi connectivity index (χ3v) is 3.25. The molecule has 1 aromatic heterocycles. The van der Waals surface area contributed by atoms with Gasteiger partial charge in [0.15, 0.2) is 0 Å². The van der Waals surface area contributed by atoms with Gasteiger partial charge in [0.2, 0.25) is 0 Å². The Morgan fingerprint density at radius 3 is 2.68 bits per heavy atom. The standard InChI is InChI=1S/C15H16N2O5/c1-8-14(21)12(9(7-18)5-16-8)6-17-15(22)11-4-10(19)2-3-13(11)20/h2-5,18-21H,6-7H2,1H3,(H,17,22). The van der Waals surface area contributed by atoms with Gasteiger partial charge in [0.05, 0.1) is 17.9 Å². The molecule has 1 aromatic carbocycles. The number of hydrogen-bond acceptors (Lipinski definition) is 6. The highest BCUT2D eigenvalue weighted by molar-refractivity contribution is 5.97. The minimum atomic E-state index is -0.619. The molecule has 7 nitrogen and oxygen atoms in total. The molecule has 0 aliphatic rings. The zero-order valence-electron chi connectivity index (χ0n) is 11.9. The summed E-state index contributed by atoms with van der Waals surface area (Å²) in [5.74, 6) is -1.15. The largest absolute Gasteiger partial charge is 0.508 e. The fourth-order valence-electron chi connectivity index (χ4n) is 1.99. The first-order chi connectivity index (χ1) is 10.4. The molecule has 0 radical (unpaired) electrons. The van der Waals surface area contributed by atoms with E-state index in [0.717, 1.165) is 6.07 Å². The number of carbonyl (C=O) groups excluding carboxylic acids is 1. The Morgan fingerprint density at radius 2 is 2.00 bits per heavy atom. The number of aryl methyl sites for hydroxylation is 1. The van der Waals surface area contributed by atoms with E-state index in [1.165, 1.54) is 18.3 Å². The summed E-state index contributed by atoms with van der Waals surface area (Å²) in [5, 5.41) is 40.7. The SMILES string of the molecule is Cc1ncc(CO)c(CNC(=O)c2cc(O)ccc2O)c1O. The number of nitrogens with zero attached hydrogens (tertiary/aromatic N) is 1. The van der Waals surface area contributed by atoms with Gasteiger partial charge in [-0.05, 0) is 25.1 Å². The number of amides is 1. The maximum atomic E-state index is 12.0. The van der Waals surface area contributed by atoms with Crippen LogP contribution in [0.25, 0.3) is 0 Å². The van der Waals surface area contributed by atoms with Crippen molar-refractivity contribution in [1.82, 2.24) is 10.3 Å². The molecular weight excluding hydrogens is 288 g/mol. The number of nitrogens with one attached hydrogen (secondary N) is 1. The normalized spacial score (nSPS) is 10.5. The van der Waals surface area contributed by atoms with E-state index in [0.29, 0.717) is 16.8 Å². The molecule has 116 valence electrons. The quantitative estimate of drug-likeness (QED) is 0.535. The Labute approximate surface area is 126 Å². The van der Waals surface area contributed by atoms with Crippen molar-refractivity contribution >= 4 is 5.91 Å². The van der Waals surface area contributed by atoms with Gasteiger partial charge in [0.1, 0.15) is 17.2 Å². The van der Waals surface area contributed by atoms with Crippen LogP contribution in [0, 0.1) is 6.92 Å². The topological polar surface area (TPSA) is 123 Å². The van der Waals surface area contributed by atoms with Crippen LogP contribution in [-0.4, -0.2) is 31.3 Å². The molecule has 2 rings (SSSR count). The first-order valence-corrected chi connectivity index (χ1v) is 6.51. The molecule has 0 spiro atoms. The van der Waals surface area contributed by atoms with Crippen LogP contribution in [-0.2, 0) is 13.2 Å². The lowest BCUT2D eigenvalue weighted by Crippen LogP contribution is -2.23. The lowest BCUT2D eigenvalue weighted by molar-refractivity contribution is 0.0947. The van der Waals surface area contributed by atoms with E-state index in [2.05, 4.69) is 10.3 Å². The summed E-state index contributed by atoms with van der Waals surface area (Å²) in [4.78, 5) is 16.0. The third-order valence-electron chi connectivity index (χ3n) is 3.25. The van der Waals surface area contributed by atoms with Gasteiger partial charge in [0.25, 0.3) is 5.91 Å². The lowest BCUT2D eigenvalue weighted by atomic mass is 10.1. The van der Waals surface area contributed by atoms with Crippen molar-refractivity contribution in [3.63, 3.8) is 0 Å². The van der Waals surface area contributed by atoms with Crippen molar-refractivity contribution in [2.45, 2.75) is 20.1 Å². The smallest absolute Gasteiger partial charge is 0.255 e. The highest BCUT2D eigenvalue weighted by Gasteiger charge is 2.15. The molecular formula is C15H16N2O5. The van der Waals surface area contributed by atoms with Crippen LogP contribution in [0.1, 0.15) is 27.2 Å². The fourth-order valence-corrected chi connectivity index (χ4v) is 1.99. The average molecular weight is 304 g/mol. The van der Waals surface area contributed by atoms with Crippen molar-refractivity contribution < 1.29 is 25.2 Å². The number of hydrogen-bond donors (Lipinski definition) is 5. The number of phenols is 2. The van der Waals surface area contributed by atoms with Crippen LogP contribution >= 0.6 is 0 Å². The highest BCUT2D eigenvalue weighted by atomic mass is 16.3. The number of aromatic nitrogens is 1. The predicted octanol–water partition coefficient (Wildman–Crippen LogP) is 0.929. The molecule has 7 heteroatoms. The van der Waals surface area contributed by atoms with Crippen LogP contribution in [0.3, 0.4) is 0 Å². The first kappa shape index (κ1) is 15.6. The zero-order chi connectivity index (χ0) is 16.3. The molecule has 0 saturated carbocycles. The number of rotatable bonds is 4. The molecule has 0 atom stereocenters. The minimum absolute atomic E-state index is 0.0565. The van der Waals surface area contributed by atoms with E-state index >= 15 is 0 Å². The first-order valence-electron chi connectivity index (χ1n) is 6.51. The van der Waals surface area contributed by atoms with Gasteiger partial charge in [-0.2, -0.15) is 0 Å². The van der Waals surface area contributed by atoms with Crippen LogP contribution < -0.4 is 5.32 Å². The van der Waals surface area contributed by atoms with Crippen molar-refractivity contribution in [1.29, 1.82) is 0 Å². The summed E-state index contributed by atoms with van der Waals surface area (Å²) >= 11 is 0. The van der Waals surface area contributed by atoms with Crippen molar-refractivity contribution in [3.8, 4) is 17.2 Å². The lowest BCUT2D eigenvalue weighted by Gasteiger charge is -2.13. The monoisotopic (exact) mass is 304 g/mol. The zero-order valence-corrected chi connectivity index (χ0v) is 11.9. The third kappa shape index (κ3) is 3.09. The van der Waals surface area contributed by atoms with Crippen LogP contribution in [0.5, 0.6) is 17.2 Å². The van der Waals surface area contributed by atoms with E-state index < -0.39 is 5.91 Å². The second-order valence-electron chi connectivity index (χ2n) is 4.74. The van der Waals surface area contributed by atoms with Gasteiger partial charge in [-0.1, -0.05) is 0 Å². The fraction of sp³-hybridized carbons (Fsp3) is 0.200. The van der Waals surface area contributed by atoms with Gasteiger partial charge < -0.3 is 25.7 Å². The summed E-state index contributed by atoms with van der Waals surface area (Å²) < 4.78 is 0. The maximum absolute atomic E-state index is 12.0. The second kappa shape index (κ2) is 6.31. The Bertz CT molecular complexity index is 715. The number of pyridine rings is 1. The van der Waals surface area contributed by atoms with Crippen LogP contribution in [0.4, 0.5) is 0 Å². The summed E-state index contributed by atoms with van der Waals surface area (Å²) in [6.45, 7) is 1.21. The van der Waals surface area contributed by atoms with Gasteiger partial charge in [-0.3, -0.25) is 9.78 Å². The average Bonchev–Trinajstić information content (AvgIpc) is 2.50. The van der Waals surface area contributed by atoms with Crippen LogP contribution in [0.2, 0.25) is 0 Å². The van der Waals surface area contributed by atoms with Gasteiger partial charge in [-0.15, -0.1) is 0 Å². The van der Waals surface area contributed by atoms with Crippen LogP contribution in [0.15, 0.2) is 24.4 Å². The molecule has 5 N–H and O–H groups in total. The number of aromatic hydroxyl groups is 3. The predicted molar refractivity (Wildman–Crippen MR) is 77.5 cm³/mol. The molecule has 0 aliphatic carbocycles.